The van der Waals surface area contributed by atoms with Crippen LogP contribution in [0.1, 0.15) is 25.6 Å². The number of anilines is 1. The predicted octanol–water partition coefficient (Wildman–Crippen LogP) is 1.29. The van der Waals surface area contributed by atoms with Crippen LogP contribution in [0.2, 0.25) is 0 Å². The van der Waals surface area contributed by atoms with Crippen molar-refractivity contribution in [3.8, 4) is 0 Å². The van der Waals surface area contributed by atoms with Crippen LogP contribution >= 0.6 is 11.8 Å². The fraction of sp³-hybridized carbons (Fsp3) is 0.846. The summed E-state index contributed by atoms with van der Waals surface area (Å²) in [5.41, 5.74) is 0. The van der Waals surface area contributed by atoms with Crippen molar-refractivity contribution in [2.75, 3.05) is 36.0 Å². The van der Waals surface area contributed by atoms with Crippen LogP contribution in [0.15, 0.2) is 0 Å². The fourth-order valence-electron chi connectivity index (χ4n) is 2.86. The SMILES string of the molecule is C[C@H]1CN(c2n[nH]c(CC3CCSCC3)n2)CCN1. The molecular formula is C13H23N5S. The number of thioether (sulfide) groups is 1. The minimum absolute atomic E-state index is 0.520. The third-order valence-electron chi connectivity index (χ3n) is 3.99. The molecule has 0 aliphatic carbocycles. The van der Waals surface area contributed by atoms with Crippen LogP contribution in [-0.4, -0.2) is 52.4 Å². The molecular weight excluding hydrogens is 258 g/mol. The Morgan fingerprint density at radius 3 is 3.00 bits per heavy atom. The summed E-state index contributed by atoms with van der Waals surface area (Å²) in [5.74, 6) is 5.36. The summed E-state index contributed by atoms with van der Waals surface area (Å²) in [6, 6.07) is 0.520. The van der Waals surface area contributed by atoms with Gasteiger partial charge in [-0.05, 0) is 37.2 Å². The van der Waals surface area contributed by atoms with E-state index in [0.717, 1.165) is 43.7 Å². The van der Waals surface area contributed by atoms with E-state index in [2.05, 4.69) is 44.1 Å². The molecule has 3 rings (SSSR count). The standard InChI is InChI=1S/C13H23N5S/c1-10-9-18(5-4-14-10)13-15-12(16-17-13)8-11-2-6-19-7-3-11/h10-11,14H,2-9H2,1H3,(H,15,16,17)/t10-/m0/s1. The van der Waals surface area contributed by atoms with Crippen molar-refractivity contribution in [3.05, 3.63) is 5.82 Å². The van der Waals surface area contributed by atoms with E-state index >= 15 is 0 Å². The molecule has 6 heteroatoms. The summed E-state index contributed by atoms with van der Waals surface area (Å²) in [6.45, 7) is 5.23. The van der Waals surface area contributed by atoms with Gasteiger partial charge in [0, 0.05) is 32.1 Å². The number of rotatable bonds is 3. The molecule has 19 heavy (non-hydrogen) atoms. The Balaban J connectivity index is 1.59. The molecule has 1 atom stereocenters. The maximum Gasteiger partial charge on any atom is 0.244 e. The Morgan fingerprint density at radius 2 is 2.21 bits per heavy atom. The predicted molar refractivity (Wildman–Crippen MR) is 79.8 cm³/mol. The highest BCUT2D eigenvalue weighted by Gasteiger charge is 2.21. The molecule has 0 amide bonds. The lowest BCUT2D eigenvalue weighted by Crippen LogP contribution is -2.49. The third-order valence-corrected chi connectivity index (χ3v) is 5.04. The van der Waals surface area contributed by atoms with E-state index in [1.54, 1.807) is 0 Å². The van der Waals surface area contributed by atoms with Crippen LogP contribution in [-0.2, 0) is 6.42 Å². The molecule has 1 aromatic rings. The smallest absolute Gasteiger partial charge is 0.244 e. The lowest BCUT2D eigenvalue weighted by Gasteiger charge is -2.30. The Bertz CT molecular complexity index is 401. The Hall–Kier alpha value is -0.750. The second-order valence-corrected chi connectivity index (χ2v) is 6.87. The van der Waals surface area contributed by atoms with E-state index in [9.17, 15) is 0 Å². The second-order valence-electron chi connectivity index (χ2n) is 5.64. The van der Waals surface area contributed by atoms with Gasteiger partial charge in [0.05, 0.1) is 0 Å². The minimum atomic E-state index is 0.520. The van der Waals surface area contributed by atoms with E-state index in [1.807, 2.05) is 0 Å². The zero-order chi connectivity index (χ0) is 13.1. The normalized spacial score (nSPS) is 25.7. The molecule has 0 radical (unpaired) electrons. The van der Waals surface area contributed by atoms with Gasteiger partial charge in [0.1, 0.15) is 5.82 Å². The monoisotopic (exact) mass is 281 g/mol. The molecule has 2 fully saturated rings. The minimum Gasteiger partial charge on any atom is -0.337 e. The van der Waals surface area contributed by atoms with Crippen LogP contribution in [0, 0.1) is 5.92 Å². The highest BCUT2D eigenvalue weighted by Crippen LogP contribution is 2.25. The number of hydrogen-bond acceptors (Lipinski definition) is 5. The number of hydrogen-bond donors (Lipinski definition) is 2. The first-order chi connectivity index (χ1) is 9.31. The number of H-pyrrole nitrogens is 1. The number of aromatic nitrogens is 3. The maximum absolute atomic E-state index is 4.69. The van der Waals surface area contributed by atoms with Crippen molar-refractivity contribution >= 4 is 17.7 Å². The van der Waals surface area contributed by atoms with Gasteiger partial charge in [-0.2, -0.15) is 16.7 Å². The van der Waals surface area contributed by atoms with Gasteiger partial charge in [-0.25, -0.2) is 0 Å². The summed E-state index contributed by atoms with van der Waals surface area (Å²) in [7, 11) is 0. The Labute approximate surface area is 118 Å². The van der Waals surface area contributed by atoms with Crippen molar-refractivity contribution in [3.63, 3.8) is 0 Å². The molecule has 0 unspecified atom stereocenters. The van der Waals surface area contributed by atoms with Gasteiger partial charge in [-0.3, -0.25) is 5.10 Å². The van der Waals surface area contributed by atoms with Crippen LogP contribution in [0.25, 0.3) is 0 Å². The summed E-state index contributed by atoms with van der Waals surface area (Å²) >= 11 is 2.08. The van der Waals surface area contributed by atoms with Gasteiger partial charge in [0.2, 0.25) is 5.95 Å². The molecule has 2 N–H and O–H groups in total. The number of nitrogens with one attached hydrogen (secondary N) is 2. The Kier molecular flexibility index (Phi) is 4.28. The zero-order valence-electron chi connectivity index (χ0n) is 11.6. The summed E-state index contributed by atoms with van der Waals surface area (Å²) < 4.78 is 0. The summed E-state index contributed by atoms with van der Waals surface area (Å²) in [6.07, 6.45) is 3.71. The van der Waals surface area contributed by atoms with Crippen molar-refractivity contribution in [2.24, 2.45) is 5.92 Å². The molecule has 106 valence electrons. The average molecular weight is 281 g/mol. The first-order valence-electron chi connectivity index (χ1n) is 7.28. The third kappa shape index (κ3) is 3.42. The fourth-order valence-corrected chi connectivity index (χ4v) is 4.06. The first-order valence-corrected chi connectivity index (χ1v) is 8.44. The van der Waals surface area contributed by atoms with E-state index < -0.39 is 0 Å². The quantitative estimate of drug-likeness (QED) is 0.874. The molecule has 0 aromatic carbocycles. The molecule has 0 saturated carbocycles. The summed E-state index contributed by atoms with van der Waals surface area (Å²) in [4.78, 5) is 6.96. The van der Waals surface area contributed by atoms with Gasteiger partial charge >= 0.3 is 0 Å². The second kappa shape index (κ2) is 6.13. The molecule has 5 nitrogen and oxygen atoms in total. The molecule has 2 aliphatic heterocycles. The molecule has 0 bridgehead atoms. The first kappa shape index (κ1) is 13.2. The molecule has 0 spiro atoms. The number of nitrogens with zero attached hydrogens (tertiary/aromatic N) is 3. The van der Waals surface area contributed by atoms with Crippen LogP contribution in [0.3, 0.4) is 0 Å². The van der Waals surface area contributed by atoms with Crippen molar-refractivity contribution in [1.29, 1.82) is 0 Å². The van der Waals surface area contributed by atoms with Crippen LogP contribution in [0.5, 0.6) is 0 Å². The van der Waals surface area contributed by atoms with Gasteiger partial charge in [-0.1, -0.05) is 0 Å². The largest absolute Gasteiger partial charge is 0.337 e. The lowest BCUT2D eigenvalue weighted by atomic mass is 9.99. The molecule has 2 aliphatic rings. The van der Waals surface area contributed by atoms with E-state index in [1.165, 1.54) is 24.3 Å². The number of piperazine rings is 1. The molecule has 1 aromatic heterocycles. The van der Waals surface area contributed by atoms with Crippen molar-refractivity contribution < 1.29 is 0 Å². The maximum atomic E-state index is 4.69. The van der Waals surface area contributed by atoms with Crippen molar-refractivity contribution in [1.82, 2.24) is 20.5 Å². The van der Waals surface area contributed by atoms with Crippen molar-refractivity contribution in [2.45, 2.75) is 32.2 Å². The van der Waals surface area contributed by atoms with Crippen LogP contribution in [0.4, 0.5) is 5.95 Å². The average Bonchev–Trinajstić information content (AvgIpc) is 2.88. The lowest BCUT2D eigenvalue weighted by molar-refractivity contribution is 0.474. The number of aromatic amines is 1. The van der Waals surface area contributed by atoms with E-state index in [0.29, 0.717) is 6.04 Å². The van der Waals surface area contributed by atoms with Gasteiger partial charge in [0.15, 0.2) is 0 Å². The Morgan fingerprint density at radius 1 is 1.37 bits per heavy atom. The highest BCUT2D eigenvalue weighted by atomic mass is 32.2. The van der Waals surface area contributed by atoms with Crippen LogP contribution < -0.4 is 10.2 Å². The van der Waals surface area contributed by atoms with Gasteiger partial charge < -0.3 is 10.2 Å². The molecule has 2 saturated heterocycles. The molecule has 3 heterocycles. The van der Waals surface area contributed by atoms with Gasteiger partial charge in [-0.15, -0.1) is 5.10 Å². The van der Waals surface area contributed by atoms with Gasteiger partial charge in [0.25, 0.3) is 0 Å². The topological polar surface area (TPSA) is 56.8 Å². The highest BCUT2D eigenvalue weighted by molar-refractivity contribution is 7.99. The van der Waals surface area contributed by atoms with E-state index in [-0.39, 0.29) is 0 Å². The van der Waals surface area contributed by atoms with E-state index in [4.69, 9.17) is 0 Å². The zero-order valence-corrected chi connectivity index (χ0v) is 12.4. The summed E-state index contributed by atoms with van der Waals surface area (Å²) in [5, 5.41) is 11.0.